The minimum atomic E-state index is -0.204. The number of carbonyl (C=O) groups is 1. The van der Waals surface area contributed by atoms with Gasteiger partial charge < -0.3 is 14.3 Å². The van der Waals surface area contributed by atoms with Crippen LogP contribution < -0.4 is 4.74 Å². The Morgan fingerprint density at radius 3 is 2.57 bits per heavy atom. The molecule has 0 radical (unpaired) electrons. The van der Waals surface area contributed by atoms with Crippen LogP contribution in [0.25, 0.3) is 22.3 Å². The van der Waals surface area contributed by atoms with Crippen molar-refractivity contribution in [1.29, 1.82) is 0 Å². The van der Waals surface area contributed by atoms with Gasteiger partial charge in [-0.25, -0.2) is 0 Å². The maximum Gasteiger partial charge on any atom is 0.163 e. The molecular weight excluding hydrogens is 376 g/mol. The molecule has 0 fully saturated rings. The monoisotopic (exact) mass is 392 g/mol. The molecule has 4 aromatic rings. The van der Waals surface area contributed by atoms with E-state index in [1.807, 2.05) is 36.4 Å². The van der Waals surface area contributed by atoms with Crippen LogP contribution in [0.15, 0.2) is 71.1 Å². The lowest BCUT2D eigenvalue weighted by atomic mass is 10.1. The molecule has 0 aliphatic rings. The summed E-state index contributed by atoms with van der Waals surface area (Å²) in [6.45, 7) is 1.84. The van der Waals surface area contributed by atoms with E-state index in [4.69, 9.17) is 20.8 Å². The number of hydrogen-bond donors (Lipinski definition) is 1. The largest absolute Gasteiger partial charge is 0.506 e. The number of aromatic hydroxyl groups is 1. The van der Waals surface area contributed by atoms with Crippen LogP contribution in [-0.4, -0.2) is 10.9 Å². The average Bonchev–Trinajstić information content (AvgIpc) is 3.13. The zero-order valence-corrected chi connectivity index (χ0v) is 15.9. The number of phenolic OH excluding ortho intramolecular Hbond substituents is 1. The third-order valence-electron chi connectivity index (χ3n) is 4.51. The minimum absolute atomic E-state index is 0.0751. The summed E-state index contributed by atoms with van der Waals surface area (Å²) in [7, 11) is 0. The maximum atomic E-state index is 11.6. The molecule has 0 amide bonds. The lowest BCUT2D eigenvalue weighted by Crippen LogP contribution is -1.95. The van der Waals surface area contributed by atoms with E-state index in [1.54, 1.807) is 30.3 Å². The maximum absolute atomic E-state index is 11.6. The summed E-state index contributed by atoms with van der Waals surface area (Å²) < 4.78 is 11.6. The standard InChI is InChI=1S/C23H17ClO4/c1-14(25)17-8-10-20-18(23(17)26)12-22(28-20)16-7-9-21(19(24)11-16)27-13-15-5-3-2-4-6-15/h2-12,26H,13H2,1H3. The van der Waals surface area contributed by atoms with Gasteiger partial charge in [-0.05, 0) is 48.9 Å². The zero-order chi connectivity index (χ0) is 19.7. The first-order valence-corrected chi connectivity index (χ1v) is 9.14. The number of hydrogen-bond acceptors (Lipinski definition) is 4. The molecule has 3 aromatic carbocycles. The first-order chi connectivity index (χ1) is 13.5. The Bertz CT molecular complexity index is 1160. The Morgan fingerprint density at radius 2 is 1.86 bits per heavy atom. The fourth-order valence-electron chi connectivity index (χ4n) is 3.03. The van der Waals surface area contributed by atoms with Crippen molar-refractivity contribution < 1.29 is 19.1 Å². The summed E-state index contributed by atoms with van der Waals surface area (Å²) in [4.78, 5) is 11.6. The molecule has 1 heterocycles. The van der Waals surface area contributed by atoms with Crippen LogP contribution in [0, 0.1) is 0 Å². The van der Waals surface area contributed by atoms with Crippen molar-refractivity contribution in [3.05, 3.63) is 82.9 Å². The smallest absolute Gasteiger partial charge is 0.163 e. The number of halogens is 1. The van der Waals surface area contributed by atoms with Gasteiger partial charge in [-0.15, -0.1) is 0 Å². The molecule has 4 nitrogen and oxygen atoms in total. The van der Waals surface area contributed by atoms with Crippen molar-refractivity contribution >= 4 is 28.4 Å². The second-order valence-electron chi connectivity index (χ2n) is 6.46. The molecule has 140 valence electrons. The molecule has 0 atom stereocenters. The topological polar surface area (TPSA) is 59.7 Å². The summed E-state index contributed by atoms with van der Waals surface area (Å²) in [6, 6.07) is 20.1. The van der Waals surface area contributed by atoms with Crippen LogP contribution in [0.1, 0.15) is 22.8 Å². The van der Waals surface area contributed by atoms with Crippen molar-refractivity contribution in [3.8, 4) is 22.8 Å². The molecular formula is C23H17ClO4. The van der Waals surface area contributed by atoms with Crippen LogP contribution in [0.2, 0.25) is 5.02 Å². The molecule has 4 rings (SSSR count). The number of carbonyl (C=O) groups excluding carboxylic acids is 1. The van der Waals surface area contributed by atoms with Gasteiger partial charge in [0, 0.05) is 5.56 Å². The van der Waals surface area contributed by atoms with Crippen molar-refractivity contribution in [3.63, 3.8) is 0 Å². The summed E-state index contributed by atoms with van der Waals surface area (Å²) in [5.41, 5.74) is 2.56. The molecule has 0 spiro atoms. The number of benzene rings is 3. The Hall–Kier alpha value is -3.24. The minimum Gasteiger partial charge on any atom is -0.506 e. The van der Waals surface area contributed by atoms with Crippen LogP contribution in [-0.2, 0) is 6.61 Å². The number of Topliss-reactive ketones (excluding diaryl/α,β-unsaturated/α-hetero) is 1. The number of rotatable bonds is 5. The van der Waals surface area contributed by atoms with Gasteiger partial charge in [-0.1, -0.05) is 41.9 Å². The number of furan rings is 1. The SMILES string of the molecule is CC(=O)c1ccc2oc(-c3ccc(OCc4ccccc4)c(Cl)c3)cc2c1O. The average molecular weight is 393 g/mol. The first-order valence-electron chi connectivity index (χ1n) is 8.76. The Kier molecular flexibility index (Phi) is 4.80. The Labute approximate surface area is 166 Å². The molecule has 0 bridgehead atoms. The van der Waals surface area contributed by atoms with Crippen LogP contribution in [0.4, 0.5) is 0 Å². The molecule has 0 unspecified atom stereocenters. The van der Waals surface area contributed by atoms with Gasteiger partial charge >= 0.3 is 0 Å². The van der Waals surface area contributed by atoms with Crippen molar-refractivity contribution in [2.75, 3.05) is 0 Å². The second kappa shape index (κ2) is 7.41. The van der Waals surface area contributed by atoms with Gasteiger partial charge in [0.05, 0.1) is 16.0 Å². The lowest BCUT2D eigenvalue weighted by molar-refractivity contribution is 0.101. The van der Waals surface area contributed by atoms with E-state index < -0.39 is 0 Å². The number of ether oxygens (including phenoxy) is 1. The predicted octanol–water partition coefficient (Wildman–Crippen LogP) is 6.24. The van der Waals surface area contributed by atoms with E-state index in [9.17, 15) is 9.90 Å². The van der Waals surface area contributed by atoms with Gasteiger partial charge in [-0.2, -0.15) is 0 Å². The summed E-state index contributed by atoms with van der Waals surface area (Å²) in [6.07, 6.45) is 0. The third kappa shape index (κ3) is 3.47. The number of ketones is 1. The van der Waals surface area contributed by atoms with E-state index in [0.29, 0.717) is 34.1 Å². The van der Waals surface area contributed by atoms with Crippen molar-refractivity contribution in [2.45, 2.75) is 13.5 Å². The first kappa shape index (κ1) is 18.1. The fourth-order valence-corrected chi connectivity index (χ4v) is 3.26. The van der Waals surface area contributed by atoms with Crippen LogP contribution >= 0.6 is 11.6 Å². The van der Waals surface area contributed by atoms with E-state index in [2.05, 4.69) is 0 Å². The van der Waals surface area contributed by atoms with Gasteiger partial charge in [0.15, 0.2) is 5.78 Å². The zero-order valence-electron chi connectivity index (χ0n) is 15.1. The molecule has 5 heteroatoms. The number of fused-ring (bicyclic) bond motifs is 1. The highest BCUT2D eigenvalue weighted by molar-refractivity contribution is 6.32. The van der Waals surface area contributed by atoms with E-state index in [1.165, 1.54) is 6.92 Å². The summed E-state index contributed by atoms with van der Waals surface area (Å²) >= 11 is 6.38. The third-order valence-corrected chi connectivity index (χ3v) is 4.80. The van der Waals surface area contributed by atoms with Gasteiger partial charge in [-0.3, -0.25) is 4.79 Å². The molecule has 0 aliphatic heterocycles. The molecule has 0 saturated heterocycles. The van der Waals surface area contributed by atoms with E-state index in [-0.39, 0.29) is 17.1 Å². The van der Waals surface area contributed by atoms with Crippen molar-refractivity contribution in [1.82, 2.24) is 0 Å². The fraction of sp³-hybridized carbons (Fsp3) is 0.0870. The van der Waals surface area contributed by atoms with Gasteiger partial charge in [0.1, 0.15) is 29.4 Å². The quantitative estimate of drug-likeness (QED) is 0.408. The number of phenols is 1. The second-order valence-corrected chi connectivity index (χ2v) is 6.87. The van der Waals surface area contributed by atoms with Gasteiger partial charge in [0.25, 0.3) is 0 Å². The van der Waals surface area contributed by atoms with E-state index >= 15 is 0 Å². The molecule has 1 aromatic heterocycles. The highest BCUT2D eigenvalue weighted by atomic mass is 35.5. The Balaban J connectivity index is 1.62. The van der Waals surface area contributed by atoms with Gasteiger partial charge in [0.2, 0.25) is 0 Å². The van der Waals surface area contributed by atoms with Crippen LogP contribution in [0.3, 0.4) is 0 Å². The molecule has 0 aliphatic carbocycles. The predicted molar refractivity (Wildman–Crippen MR) is 109 cm³/mol. The lowest BCUT2D eigenvalue weighted by Gasteiger charge is -2.09. The molecule has 28 heavy (non-hydrogen) atoms. The molecule has 0 saturated carbocycles. The van der Waals surface area contributed by atoms with E-state index in [0.717, 1.165) is 11.1 Å². The highest BCUT2D eigenvalue weighted by Crippen LogP contribution is 2.37. The highest BCUT2D eigenvalue weighted by Gasteiger charge is 2.16. The normalized spacial score (nSPS) is 10.9. The summed E-state index contributed by atoms with van der Waals surface area (Å²) in [5.74, 6) is 0.841. The summed E-state index contributed by atoms with van der Waals surface area (Å²) in [5, 5.41) is 11.3. The van der Waals surface area contributed by atoms with Crippen molar-refractivity contribution in [2.24, 2.45) is 0 Å². The van der Waals surface area contributed by atoms with Crippen LogP contribution in [0.5, 0.6) is 11.5 Å². The molecule has 1 N–H and O–H groups in total. The Morgan fingerprint density at radius 1 is 1.07 bits per heavy atom.